The lowest BCUT2D eigenvalue weighted by Gasteiger charge is -2.35. The summed E-state index contributed by atoms with van der Waals surface area (Å²) in [5, 5.41) is 9.29. The Bertz CT molecular complexity index is 1380. The number of benzene rings is 1. The highest BCUT2D eigenvalue weighted by Crippen LogP contribution is 2.49. The highest BCUT2D eigenvalue weighted by atomic mass is 32.2. The third kappa shape index (κ3) is 5.36. The van der Waals surface area contributed by atoms with Crippen LogP contribution >= 0.6 is 23.1 Å². The molecule has 2 aliphatic rings. The van der Waals surface area contributed by atoms with Crippen LogP contribution in [0, 0.1) is 6.92 Å². The van der Waals surface area contributed by atoms with E-state index in [0.717, 1.165) is 28.1 Å². The first-order valence-electron chi connectivity index (χ1n) is 13.2. The van der Waals surface area contributed by atoms with E-state index in [-0.39, 0.29) is 40.7 Å². The van der Waals surface area contributed by atoms with Crippen molar-refractivity contribution in [2.45, 2.75) is 45.3 Å². The molecule has 1 atom stereocenters. The van der Waals surface area contributed by atoms with E-state index in [4.69, 9.17) is 5.10 Å². The summed E-state index contributed by atoms with van der Waals surface area (Å²) in [6, 6.07) is 10.1. The minimum atomic E-state index is -0.293. The third-order valence-electron chi connectivity index (χ3n) is 7.36. The summed E-state index contributed by atoms with van der Waals surface area (Å²) >= 11 is 3.24. The van der Waals surface area contributed by atoms with Crippen LogP contribution in [0.2, 0.25) is 0 Å². The largest absolute Gasteiger partial charge is 0.339 e. The smallest absolute Gasteiger partial charge is 0.242 e. The molecule has 39 heavy (non-hydrogen) atoms. The molecule has 0 aliphatic carbocycles. The van der Waals surface area contributed by atoms with Crippen molar-refractivity contribution in [3.05, 3.63) is 63.5 Å². The second-order valence-corrected chi connectivity index (χ2v) is 13.0. The predicted molar refractivity (Wildman–Crippen MR) is 157 cm³/mol. The molecule has 0 radical (unpaired) electrons. The SMILES string of the molecule is CC(=O)N1CCN(C(=O)CN2C(=O)CS[C@@H](c3ccsc3)c3c(C(C)(C)C)nn(-c4ccccc4C)c32)CC1. The van der Waals surface area contributed by atoms with Crippen molar-refractivity contribution in [1.29, 1.82) is 0 Å². The van der Waals surface area contributed by atoms with Crippen molar-refractivity contribution < 1.29 is 14.4 Å². The van der Waals surface area contributed by atoms with Gasteiger partial charge >= 0.3 is 0 Å². The van der Waals surface area contributed by atoms with Gasteiger partial charge in [-0.25, -0.2) is 4.68 Å². The number of hydrogen-bond acceptors (Lipinski definition) is 6. The molecular weight excluding hydrogens is 530 g/mol. The molecule has 10 heteroatoms. The van der Waals surface area contributed by atoms with E-state index >= 15 is 0 Å². The lowest BCUT2D eigenvalue weighted by Crippen LogP contribution is -2.53. The number of para-hydroxylation sites is 1. The molecule has 1 fully saturated rings. The van der Waals surface area contributed by atoms with Crippen LogP contribution < -0.4 is 4.90 Å². The van der Waals surface area contributed by atoms with Gasteiger partial charge in [-0.1, -0.05) is 39.0 Å². The van der Waals surface area contributed by atoms with Gasteiger partial charge in [-0.15, -0.1) is 11.8 Å². The maximum atomic E-state index is 13.8. The van der Waals surface area contributed by atoms with Gasteiger partial charge < -0.3 is 9.80 Å². The van der Waals surface area contributed by atoms with E-state index in [2.05, 4.69) is 37.6 Å². The molecule has 2 aliphatic heterocycles. The average Bonchev–Trinajstić information content (AvgIpc) is 3.54. The number of aromatic nitrogens is 2. The number of thiophene rings is 1. The fraction of sp³-hybridized carbons (Fsp3) is 0.448. The van der Waals surface area contributed by atoms with Crippen LogP contribution in [0.3, 0.4) is 0 Å². The van der Waals surface area contributed by atoms with Crippen molar-refractivity contribution in [2.75, 3.05) is 43.4 Å². The first-order chi connectivity index (χ1) is 18.6. The number of anilines is 1. The van der Waals surface area contributed by atoms with Crippen LogP contribution in [0.1, 0.15) is 55.3 Å². The van der Waals surface area contributed by atoms with Crippen molar-refractivity contribution in [2.24, 2.45) is 0 Å². The van der Waals surface area contributed by atoms with Crippen LogP contribution in [0.4, 0.5) is 5.82 Å². The Labute approximate surface area is 238 Å². The van der Waals surface area contributed by atoms with Crippen molar-refractivity contribution in [1.82, 2.24) is 19.6 Å². The van der Waals surface area contributed by atoms with E-state index in [9.17, 15) is 14.4 Å². The Balaban J connectivity index is 1.64. The molecule has 0 unspecified atom stereocenters. The number of rotatable bonds is 4. The maximum absolute atomic E-state index is 13.8. The fourth-order valence-corrected chi connectivity index (χ4v) is 7.20. The Morgan fingerprint density at radius 2 is 1.74 bits per heavy atom. The number of amides is 3. The third-order valence-corrected chi connectivity index (χ3v) is 9.32. The van der Waals surface area contributed by atoms with E-state index in [1.807, 2.05) is 35.9 Å². The molecule has 0 bridgehead atoms. The molecule has 3 amide bonds. The first-order valence-corrected chi connectivity index (χ1v) is 15.2. The van der Waals surface area contributed by atoms with Gasteiger partial charge in [0.05, 0.1) is 22.4 Å². The molecule has 0 N–H and O–H groups in total. The minimum Gasteiger partial charge on any atom is -0.339 e. The molecule has 206 valence electrons. The zero-order valence-electron chi connectivity index (χ0n) is 23.1. The van der Waals surface area contributed by atoms with Gasteiger partial charge in [0.1, 0.15) is 12.4 Å². The predicted octanol–water partition coefficient (Wildman–Crippen LogP) is 4.40. The van der Waals surface area contributed by atoms with E-state index in [0.29, 0.717) is 32.0 Å². The number of carbonyl (C=O) groups excluding carboxylic acids is 3. The summed E-state index contributed by atoms with van der Waals surface area (Å²) in [6.45, 7) is 11.9. The normalized spacial score (nSPS) is 18.2. The Hall–Kier alpha value is -3.11. The Kier molecular flexibility index (Phi) is 7.61. The fourth-order valence-electron chi connectivity index (χ4n) is 5.24. The highest BCUT2D eigenvalue weighted by Gasteiger charge is 2.40. The standard InChI is InChI=1S/C29H35N5O3S2/c1-19-8-6-7-9-22(19)34-28-25(27(30-34)29(3,4)5)26(21-10-15-38-17-21)39-18-24(37)33(28)16-23(36)32-13-11-31(12-14-32)20(2)35/h6-10,15,17,26H,11-14,16,18H2,1-5H3/t26-/m0/s1. The summed E-state index contributed by atoms with van der Waals surface area (Å²) in [5.41, 5.74) is 4.69. The molecule has 0 saturated carbocycles. The molecule has 0 spiro atoms. The highest BCUT2D eigenvalue weighted by molar-refractivity contribution is 8.00. The molecular formula is C29H35N5O3S2. The number of hydrogen-bond donors (Lipinski definition) is 0. The van der Waals surface area contributed by atoms with Crippen LogP contribution in [0.25, 0.3) is 5.69 Å². The quantitative estimate of drug-likeness (QED) is 0.469. The van der Waals surface area contributed by atoms with Crippen molar-refractivity contribution >= 4 is 46.6 Å². The molecule has 3 aromatic rings. The summed E-state index contributed by atoms with van der Waals surface area (Å²) < 4.78 is 1.88. The summed E-state index contributed by atoms with van der Waals surface area (Å²) in [7, 11) is 0. The van der Waals surface area contributed by atoms with Crippen LogP contribution in [0.5, 0.6) is 0 Å². The molecule has 8 nitrogen and oxygen atoms in total. The molecule has 2 aromatic heterocycles. The van der Waals surface area contributed by atoms with Gasteiger partial charge in [-0.05, 0) is 40.9 Å². The Morgan fingerprint density at radius 3 is 2.36 bits per heavy atom. The van der Waals surface area contributed by atoms with Crippen molar-refractivity contribution in [3.8, 4) is 5.69 Å². The van der Waals surface area contributed by atoms with E-state index < -0.39 is 0 Å². The lowest BCUT2D eigenvalue weighted by atomic mass is 9.87. The second kappa shape index (κ2) is 10.8. The maximum Gasteiger partial charge on any atom is 0.242 e. The second-order valence-electron chi connectivity index (χ2n) is 11.1. The number of thioether (sulfide) groups is 1. The van der Waals surface area contributed by atoms with Gasteiger partial charge in [0, 0.05) is 44.1 Å². The van der Waals surface area contributed by atoms with E-state index in [1.165, 1.54) is 0 Å². The van der Waals surface area contributed by atoms with Crippen LogP contribution in [-0.4, -0.2) is 75.8 Å². The Morgan fingerprint density at radius 1 is 1.05 bits per heavy atom. The topological polar surface area (TPSA) is 78.8 Å². The van der Waals surface area contributed by atoms with Crippen molar-refractivity contribution in [3.63, 3.8) is 0 Å². The molecule has 1 saturated heterocycles. The lowest BCUT2D eigenvalue weighted by molar-refractivity contribution is -0.137. The first kappa shape index (κ1) is 27.5. The summed E-state index contributed by atoms with van der Waals surface area (Å²) in [5.74, 6) is 0.730. The molecule has 4 heterocycles. The molecule has 5 rings (SSSR count). The van der Waals surface area contributed by atoms with E-state index in [1.54, 1.807) is 44.7 Å². The van der Waals surface area contributed by atoms with Gasteiger partial charge in [0.2, 0.25) is 17.7 Å². The minimum absolute atomic E-state index is 0.0165. The van der Waals surface area contributed by atoms with Gasteiger partial charge in [0.15, 0.2) is 0 Å². The zero-order chi connectivity index (χ0) is 27.9. The number of fused-ring (bicyclic) bond motifs is 1. The van der Waals surface area contributed by atoms with Crippen LogP contribution in [-0.2, 0) is 19.8 Å². The zero-order valence-corrected chi connectivity index (χ0v) is 24.8. The monoisotopic (exact) mass is 565 g/mol. The summed E-state index contributed by atoms with van der Waals surface area (Å²) in [6.07, 6.45) is 0. The average molecular weight is 566 g/mol. The number of carbonyl (C=O) groups is 3. The van der Waals surface area contributed by atoms with Crippen LogP contribution in [0.15, 0.2) is 41.1 Å². The van der Waals surface area contributed by atoms with Gasteiger partial charge in [0.25, 0.3) is 0 Å². The van der Waals surface area contributed by atoms with Gasteiger partial charge in [-0.3, -0.25) is 19.3 Å². The number of nitrogens with zero attached hydrogens (tertiary/aromatic N) is 5. The molecule has 1 aromatic carbocycles. The summed E-state index contributed by atoms with van der Waals surface area (Å²) in [4.78, 5) is 44.4. The van der Waals surface area contributed by atoms with Gasteiger partial charge in [-0.2, -0.15) is 16.4 Å². The number of aryl methyl sites for hydroxylation is 1. The number of piperazine rings is 1.